The fourth-order valence-electron chi connectivity index (χ4n) is 2.72. The normalized spacial score (nSPS) is 14.8. The summed E-state index contributed by atoms with van der Waals surface area (Å²) in [6, 6.07) is 11.2. The van der Waals surface area contributed by atoms with Gasteiger partial charge in [0.15, 0.2) is 0 Å². The molecule has 3 rings (SSSR count). The summed E-state index contributed by atoms with van der Waals surface area (Å²) in [6.45, 7) is 0. The van der Waals surface area contributed by atoms with E-state index in [1.165, 1.54) is 12.8 Å². The van der Waals surface area contributed by atoms with Crippen LogP contribution in [0.4, 0.5) is 11.5 Å². The van der Waals surface area contributed by atoms with Crippen molar-refractivity contribution < 1.29 is 4.79 Å². The maximum Gasteiger partial charge on any atom is 0.255 e. The molecule has 1 saturated carbocycles. The molecule has 2 aromatic rings. The number of benzene rings is 1. The minimum atomic E-state index is -0.0791. The predicted octanol–water partition coefficient (Wildman–Crippen LogP) is 4.15. The fourth-order valence-corrected chi connectivity index (χ4v) is 2.91. The minimum Gasteiger partial charge on any atom is -0.349 e. The van der Waals surface area contributed by atoms with Crippen molar-refractivity contribution in [3.63, 3.8) is 0 Å². The molecule has 1 aromatic carbocycles. The third-order valence-electron chi connectivity index (χ3n) is 3.83. The molecule has 0 atom stereocenters. The van der Waals surface area contributed by atoms with E-state index < -0.39 is 0 Å². The highest BCUT2D eigenvalue weighted by Gasteiger charge is 2.20. The van der Waals surface area contributed by atoms with Gasteiger partial charge < -0.3 is 10.6 Å². The van der Waals surface area contributed by atoms with Crippen LogP contribution in [-0.4, -0.2) is 16.9 Å². The number of halogens is 1. The van der Waals surface area contributed by atoms with Crippen molar-refractivity contribution in [1.82, 2.24) is 10.3 Å². The molecule has 1 heterocycles. The van der Waals surface area contributed by atoms with Gasteiger partial charge in [0.05, 0.1) is 5.56 Å². The summed E-state index contributed by atoms with van der Waals surface area (Å²) in [4.78, 5) is 16.7. The predicted molar refractivity (Wildman–Crippen MR) is 88.7 cm³/mol. The van der Waals surface area contributed by atoms with Gasteiger partial charge in [-0.15, -0.1) is 0 Å². The van der Waals surface area contributed by atoms with E-state index in [0.29, 0.717) is 16.4 Å². The Morgan fingerprint density at radius 1 is 1.18 bits per heavy atom. The lowest BCUT2D eigenvalue weighted by Crippen LogP contribution is -2.33. The quantitative estimate of drug-likeness (QED) is 0.891. The molecule has 4 nitrogen and oxygen atoms in total. The van der Waals surface area contributed by atoms with Gasteiger partial charge in [0.2, 0.25) is 0 Å². The number of hydrogen-bond acceptors (Lipinski definition) is 3. The molecule has 5 heteroatoms. The van der Waals surface area contributed by atoms with Gasteiger partial charge in [0, 0.05) is 22.9 Å². The highest BCUT2D eigenvalue weighted by Crippen LogP contribution is 2.22. The zero-order valence-electron chi connectivity index (χ0n) is 12.2. The molecule has 2 N–H and O–H groups in total. The molecule has 0 spiro atoms. The average Bonchev–Trinajstić information content (AvgIpc) is 3.01. The van der Waals surface area contributed by atoms with Crippen LogP contribution >= 0.6 is 11.6 Å². The summed E-state index contributed by atoms with van der Waals surface area (Å²) in [7, 11) is 0. The molecule has 0 radical (unpaired) electrons. The third-order valence-corrected chi connectivity index (χ3v) is 4.07. The van der Waals surface area contributed by atoms with E-state index in [-0.39, 0.29) is 11.9 Å². The molecule has 0 bridgehead atoms. The van der Waals surface area contributed by atoms with Crippen molar-refractivity contribution in [2.75, 3.05) is 5.32 Å². The van der Waals surface area contributed by atoms with Crippen molar-refractivity contribution >= 4 is 29.0 Å². The monoisotopic (exact) mass is 315 g/mol. The van der Waals surface area contributed by atoms with Crippen molar-refractivity contribution in [3.8, 4) is 0 Å². The maximum atomic E-state index is 12.5. The number of nitrogens with zero attached hydrogens (tertiary/aromatic N) is 1. The number of hydrogen-bond donors (Lipinski definition) is 2. The van der Waals surface area contributed by atoms with E-state index >= 15 is 0 Å². The summed E-state index contributed by atoms with van der Waals surface area (Å²) in [5.41, 5.74) is 1.36. The lowest BCUT2D eigenvalue weighted by Gasteiger charge is -2.14. The number of carbonyl (C=O) groups excluding carboxylic acids is 1. The number of pyridine rings is 1. The van der Waals surface area contributed by atoms with E-state index in [2.05, 4.69) is 15.6 Å². The Morgan fingerprint density at radius 3 is 2.77 bits per heavy atom. The minimum absolute atomic E-state index is 0.0791. The van der Waals surface area contributed by atoms with Crippen LogP contribution in [-0.2, 0) is 0 Å². The molecule has 1 aromatic heterocycles. The molecule has 1 amide bonds. The fraction of sp³-hybridized carbons (Fsp3) is 0.294. The van der Waals surface area contributed by atoms with Crippen LogP contribution in [0.2, 0.25) is 5.02 Å². The summed E-state index contributed by atoms with van der Waals surface area (Å²) >= 11 is 5.99. The van der Waals surface area contributed by atoms with E-state index in [9.17, 15) is 4.79 Å². The maximum absolute atomic E-state index is 12.5. The average molecular weight is 316 g/mol. The molecule has 22 heavy (non-hydrogen) atoms. The molecule has 0 aliphatic heterocycles. The Hall–Kier alpha value is -2.07. The third kappa shape index (κ3) is 3.57. The first-order valence-corrected chi connectivity index (χ1v) is 7.88. The second kappa shape index (κ2) is 6.79. The first kappa shape index (κ1) is 14.9. The Balaban J connectivity index is 1.78. The Bertz CT molecular complexity index is 668. The van der Waals surface area contributed by atoms with Gasteiger partial charge in [-0.05, 0) is 43.2 Å². The van der Waals surface area contributed by atoms with Crippen LogP contribution in [0.25, 0.3) is 0 Å². The molecule has 0 saturated heterocycles. The van der Waals surface area contributed by atoms with Crippen LogP contribution < -0.4 is 10.6 Å². The Morgan fingerprint density at radius 2 is 2.00 bits per heavy atom. The van der Waals surface area contributed by atoms with Crippen LogP contribution in [0.1, 0.15) is 36.0 Å². The van der Waals surface area contributed by atoms with Gasteiger partial charge in [0.1, 0.15) is 5.82 Å². The van der Waals surface area contributed by atoms with Crippen molar-refractivity contribution in [2.45, 2.75) is 31.7 Å². The highest BCUT2D eigenvalue weighted by molar-refractivity contribution is 6.30. The lowest BCUT2D eigenvalue weighted by atomic mass is 10.2. The largest absolute Gasteiger partial charge is 0.349 e. The van der Waals surface area contributed by atoms with E-state index in [1.807, 2.05) is 12.1 Å². The van der Waals surface area contributed by atoms with E-state index in [1.54, 1.807) is 30.5 Å². The van der Waals surface area contributed by atoms with Crippen LogP contribution in [0, 0.1) is 0 Å². The van der Waals surface area contributed by atoms with Gasteiger partial charge >= 0.3 is 0 Å². The van der Waals surface area contributed by atoms with Crippen LogP contribution in [0.5, 0.6) is 0 Å². The molecule has 1 aliphatic rings. The number of anilines is 2. The van der Waals surface area contributed by atoms with Crippen molar-refractivity contribution in [3.05, 3.63) is 53.2 Å². The molecule has 1 fully saturated rings. The number of carbonyl (C=O) groups is 1. The van der Waals surface area contributed by atoms with Crippen LogP contribution in [0.3, 0.4) is 0 Å². The van der Waals surface area contributed by atoms with Gasteiger partial charge in [-0.25, -0.2) is 4.98 Å². The SMILES string of the molecule is O=C(NC1CCCC1)c1cccnc1Nc1cccc(Cl)c1. The highest BCUT2D eigenvalue weighted by atomic mass is 35.5. The number of nitrogens with one attached hydrogen (secondary N) is 2. The summed E-state index contributed by atoms with van der Waals surface area (Å²) in [5.74, 6) is 0.463. The van der Waals surface area contributed by atoms with Crippen molar-refractivity contribution in [1.29, 1.82) is 0 Å². The molecular weight excluding hydrogens is 298 g/mol. The standard InChI is InChI=1S/C17H18ClN3O/c18-12-5-3-8-14(11-12)20-16-15(9-4-10-19-16)17(22)21-13-6-1-2-7-13/h3-5,8-11,13H,1-2,6-7H2,(H,19,20)(H,21,22). The summed E-state index contributed by atoms with van der Waals surface area (Å²) in [5, 5.41) is 6.89. The number of rotatable bonds is 4. The van der Waals surface area contributed by atoms with Gasteiger partial charge in [-0.3, -0.25) is 4.79 Å². The first-order valence-electron chi connectivity index (χ1n) is 7.51. The summed E-state index contributed by atoms with van der Waals surface area (Å²) in [6.07, 6.45) is 6.16. The van der Waals surface area contributed by atoms with Gasteiger partial charge in [-0.2, -0.15) is 0 Å². The Kier molecular flexibility index (Phi) is 4.59. The molecule has 1 aliphatic carbocycles. The van der Waals surface area contributed by atoms with Crippen LogP contribution in [0.15, 0.2) is 42.6 Å². The van der Waals surface area contributed by atoms with E-state index in [0.717, 1.165) is 18.5 Å². The topological polar surface area (TPSA) is 54.0 Å². The zero-order valence-corrected chi connectivity index (χ0v) is 12.9. The lowest BCUT2D eigenvalue weighted by molar-refractivity contribution is 0.0938. The molecule has 114 valence electrons. The van der Waals surface area contributed by atoms with Crippen molar-refractivity contribution in [2.24, 2.45) is 0 Å². The first-order chi connectivity index (χ1) is 10.7. The zero-order chi connectivity index (χ0) is 15.4. The summed E-state index contributed by atoms with van der Waals surface area (Å²) < 4.78 is 0. The smallest absolute Gasteiger partial charge is 0.255 e. The van der Waals surface area contributed by atoms with Gasteiger partial charge in [0.25, 0.3) is 5.91 Å². The number of amides is 1. The Labute approximate surface area is 134 Å². The second-order valence-corrected chi connectivity index (χ2v) is 5.93. The molecule has 0 unspecified atom stereocenters. The van der Waals surface area contributed by atoms with E-state index in [4.69, 9.17) is 11.6 Å². The van der Waals surface area contributed by atoms with Gasteiger partial charge in [-0.1, -0.05) is 30.5 Å². The second-order valence-electron chi connectivity index (χ2n) is 5.49. The number of aromatic nitrogens is 1. The molecular formula is C17H18ClN3O.